The second kappa shape index (κ2) is 40.0. The Kier molecular flexibility index (Phi) is 32.2. The molecule has 0 nitrogen and oxygen atoms in total. The van der Waals surface area contributed by atoms with Gasteiger partial charge in [0.25, 0.3) is 0 Å². The molecule has 448 valence electrons. The van der Waals surface area contributed by atoms with Gasteiger partial charge in [0.1, 0.15) is 0 Å². The zero-order chi connectivity index (χ0) is 59.4. The van der Waals surface area contributed by atoms with Gasteiger partial charge in [0.05, 0.1) is 0 Å². The standard InChI is InChI=1S/C83H109Br/c1-8-14-20-26-32-72-61-78(73(33-27-21-15-9-2)60-77(72)55-50-67-40-38-66(7)39-41-67)56-51-68-42-44-69(45-43-68)52-57-79-62-75(35-29-23-17-11-4)80(63-74(79)34-28-22-16-10-3)58-53-70-46-48-71(49-47-70)54-59-81-64-82(37-31-25-19-13-6)83(84)65-76(81)36-30-24-18-12-5/h38-65H,8-37H2,1-7H3/b55-50+,56-51+,57-52+,58-53+,59-54+. The third kappa shape index (κ3) is 24.5. The smallest absolute Gasteiger partial charge is 0.0210 e. The van der Waals surface area contributed by atoms with Crippen LogP contribution in [-0.4, -0.2) is 0 Å². The topological polar surface area (TPSA) is 0 Å². The molecule has 0 aliphatic rings. The molecule has 0 saturated heterocycles. The monoisotopic (exact) mass is 1180 g/mol. The van der Waals surface area contributed by atoms with E-state index in [-0.39, 0.29) is 0 Å². The molecule has 0 spiro atoms. The minimum atomic E-state index is 1.10. The normalized spacial score (nSPS) is 12.0. The van der Waals surface area contributed by atoms with E-state index in [0.717, 1.165) is 38.5 Å². The molecule has 84 heavy (non-hydrogen) atoms. The van der Waals surface area contributed by atoms with Crippen molar-refractivity contribution in [2.45, 2.75) is 241 Å². The molecule has 0 aliphatic heterocycles. The minimum Gasteiger partial charge on any atom is -0.0654 e. The van der Waals surface area contributed by atoms with Crippen molar-refractivity contribution in [1.82, 2.24) is 0 Å². The van der Waals surface area contributed by atoms with Crippen LogP contribution in [0.2, 0.25) is 0 Å². The van der Waals surface area contributed by atoms with Crippen molar-refractivity contribution in [1.29, 1.82) is 0 Å². The van der Waals surface area contributed by atoms with Crippen molar-refractivity contribution in [2.24, 2.45) is 0 Å². The van der Waals surface area contributed by atoms with E-state index in [2.05, 4.69) is 234 Å². The molecule has 0 aliphatic carbocycles. The highest BCUT2D eigenvalue weighted by Gasteiger charge is 2.12. The van der Waals surface area contributed by atoms with Gasteiger partial charge in [-0.3, -0.25) is 0 Å². The van der Waals surface area contributed by atoms with Crippen LogP contribution in [0.3, 0.4) is 0 Å². The third-order valence-corrected chi connectivity index (χ3v) is 17.9. The first-order valence-electron chi connectivity index (χ1n) is 34.0. The van der Waals surface area contributed by atoms with Crippen LogP contribution >= 0.6 is 15.9 Å². The average molecular weight is 1190 g/mol. The van der Waals surface area contributed by atoms with Crippen LogP contribution in [0.5, 0.6) is 0 Å². The van der Waals surface area contributed by atoms with Gasteiger partial charge in [-0.1, -0.05) is 342 Å². The first-order valence-corrected chi connectivity index (χ1v) is 34.8. The molecule has 0 amide bonds. The molecule has 6 aromatic carbocycles. The van der Waals surface area contributed by atoms with E-state index in [0.29, 0.717) is 0 Å². The average Bonchev–Trinajstić information content (AvgIpc) is 3.63. The number of hydrogen-bond acceptors (Lipinski definition) is 0. The molecule has 0 unspecified atom stereocenters. The maximum Gasteiger partial charge on any atom is 0.0210 e. The van der Waals surface area contributed by atoms with E-state index >= 15 is 0 Å². The molecule has 0 bridgehead atoms. The third-order valence-electron chi connectivity index (χ3n) is 17.1. The van der Waals surface area contributed by atoms with E-state index in [4.69, 9.17) is 0 Å². The lowest BCUT2D eigenvalue weighted by Gasteiger charge is -2.14. The number of aryl methyl sites for hydroxylation is 7. The fourth-order valence-corrected chi connectivity index (χ4v) is 12.3. The molecule has 0 radical (unpaired) electrons. The Balaban J connectivity index is 1.24. The van der Waals surface area contributed by atoms with Crippen LogP contribution in [0, 0.1) is 6.92 Å². The molecule has 6 rings (SSSR count). The van der Waals surface area contributed by atoms with Crippen LogP contribution in [0.15, 0.2) is 114 Å². The maximum absolute atomic E-state index is 3.97. The van der Waals surface area contributed by atoms with Gasteiger partial charge < -0.3 is 0 Å². The molecule has 6 aromatic rings. The summed E-state index contributed by atoms with van der Waals surface area (Å²) in [5, 5.41) is 0. The summed E-state index contributed by atoms with van der Waals surface area (Å²) in [5.41, 5.74) is 23.2. The SMILES string of the molecule is CCCCCCc1cc(/C=C/c2ccc(/C=C/c3cc(CCCCCC)c(/C=C/c4ccc(/C=C/c5cc(CCCCCC)c(/C=C/c6ccc(C)cc6)cc5CCCCCC)cc4)cc3CCCCCC)cc2)c(CCCCCC)cc1Br. The van der Waals surface area contributed by atoms with E-state index in [1.165, 1.54) is 253 Å². The Hall–Kier alpha value is -5.50. The van der Waals surface area contributed by atoms with Gasteiger partial charge in [-0.05, 0) is 179 Å². The van der Waals surface area contributed by atoms with Crippen LogP contribution < -0.4 is 0 Å². The lowest BCUT2D eigenvalue weighted by molar-refractivity contribution is 0.662. The minimum absolute atomic E-state index is 1.10. The maximum atomic E-state index is 3.97. The van der Waals surface area contributed by atoms with Crippen molar-refractivity contribution in [3.63, 3.8) is 0 Å². The Morgan fingerprint density at radius 1 is 0.238 bits per heavy atom. The summed E-state index contributed by atoms with van der Waals surface area (Å²) in [4.78, 5) is 0. The first-order chi connectivity index (χ1) is 41.2. The van der Waals surface area contributed by atoms with Crippen molar-refractivity contribution in [3.8, 4) is 0 Å². The van der Waals surface area contributed by atoms with Gasteiger partial charge in [0, 0.05) is 4.47 Å². The summed E-state index contributed by atoms with van der Waals surface area (Å²) >= 11 is 3.97. The quantitative estimate of drug-likeness (QED) is 0.0266. The highest BCUT2D eigenvalue weighted by Crippen LogP contribution is 2.31. The molecule has 0 aromatic heterocycles. The van der Waals surface area contributed by atoms with Crippen molar-refractivity contribution in [3.05, 3.63) is 208 Å². The predicted molar refractivity (Wildman–Crippen MR) is 383 cm³/mol. The van der Waals surface area contributed by atoms with E-state index in [1.54, 1.807) is 0 Å². The molecule has 0 saturated carbocycles. The molecular weight excluding hydrogens is 1080 g/mol. The van der Waals surface area contributed by atoms with Gasteiger partial charge in [-0.25, -0.2) is 0 Å². The highest BCUT2D eigenvalue weighted by molar-refractivity contribution is 9.10. The molecular formula is C83H109Br. The van der Waals surface area contributed by atoms with Crippen molar-refractivity contribution < 1.29 is 0 Å². The number of halogens is 1. The summed E-state index contributed by atoms with van der Waals surface area (Å²) in [6, 6.07) is 42.4. The van der Waals surface area contributed by atoms with Crippen LogP contribution in [0.1, 0.15) is 290 Å². The van der Waals surface area contributed by atoms with Crippen molar-refractivity contribution >= 4 is 76.7 Å². The van der Waals surface area contributed by atoms with Crippen molar-refractivity contribution in [2.75, 3.05) is 0 Å². The van der Waals surface area contributed by atoms with Gasteiger partial charge in [0.2, 0.25) is 0 Å². The van der Waals surface area contributed by atoms with Crippen LogP contribution in [0.25, 0.3) is 60.8 Å². The van der Waals surface area contributed by atoms with Crippen LogP contribution in [0.4, 0.5) is 0 Å². The Morgan fingerprint density at radius 2 is 0.440 bits per heavy atom. The Morgan fingerprint density at radius 3 is 0.679 bits per heavy atom. The van der Waals surface area contributed by atoms with Gasteiger partial charge >= 0.3 is 0 Å². The summed E-state index contributed by atoms with van der Waals surface area (Å²) in [5.74, 6) is 0. The summed E-state index contributed by atoms with van der Waals surface area (Å²) < 4.78 is 1.28. The Labute approximate surface area is 522 Å². The van der Waals surface area contributed by atoms with E-state index < -0.39 is 0 Å². The van der Waals surface area contributed by atoms with Gasteiger partial charge in [-0.15, -0.1) is 0 Å². The highest BCUT2D eigenvalue weighted by atomic mass is 79.9. The number of benzene rings is 6. The van der Waals surface area contributed by atoms with E-state index in [9.17, 15) is 0 Å². The number of unbranched alkanes of at least 4 members (excludes halogenated alkanes) is 18. The molecule has 1 heteroatoms. The summed E-state index contributed by atoms with van der Waals surface area (Å²) in [7, 11) is 0. The second-order valence-corrected chi connectivity index (χ2v) is 25.3. The zero-order valence-corrected chi connectivity index (χ0v) is 55.3. The van der Waals surface area contributed by atoms with Gasteiger partial charge in [0.15, 0.2) is 0 Å². The van der Waals surface area contributed by atoms with Gasteiger partial charge in [-0.2, -0.15) is 0 Å². The molecule has 0 N–H and O–H groups in total. The molecule has 0 fully saturated rings. The summed E-state index contributed by atoms with van der Waals surface area (Å²) in [6.07, 6.45) is 60.9. The Bertz CT molecular complexity index is 2950. The lowest BCUT2D eigenvalue weighted by atomic mass is 9.91. The largest absolute Gasteiger partial charge is 0.0654 e. The van der Waals surface area contributed by atoms with Crippen LogP contribution in [-0.2, 0) is 38.5 Å². The lowest BCUT2D eigenvalue weighted by Crippen LogP contribution is -1.98. The number of hydrogen-bond donors (Lipinski definition) is 0. The number of rotatable bonds is 40. The summed E-state index contributed by atoms with van der Waals surface area (Å²) in [6.45, 7) is 16.0. The second-order valence-electron chi connectivity index (χ2n) is 24.4. The zero-order valence-electron chi connectivity index (χ0n) is 53.8. The molecule has 0 heterocycles. The fraction of sp³-hybridized carbons (Fsp3) is 0.446. The van der Waals surface area contributed by atoms with E-state index in [1.807, 2.05) is 0 Å². The molecule has 0 atom stereocenters. The fourth-order valence-electron chi connectivity index (χ4n) is 11.7. The predicted octanol–water partition coefficient (Wildman–Crippen LogP) is 26.3. The first kappa shape index (κ1) is 67.6.